The lowest BCUT2D eigenvalue weighted by atomic mass is 10.2. The second-order valence-electron chi connectivity index (χ2n) is 4.66. The molecule has 0 aromatic carbocycles. The number of imidazole rings is 1. The Kier molecular flexibility index (Phi) is 1.81. The minimum absolute atomic E-state index is 0.469. The van der Waals surface area contributed by atoms with E-state index in [4.69, 9.17) is 0 Å². The summed E-state index contributed by atoms with van der Waals surface area (Å²) < 4.78 is 1.92. The predicted octanol–water partition coefficient (Wildman–Crippen LogP) is 2.73. The van der Waals surface area contributed by atoms with Gasteiger partial charge in [0.05, 0.1) is 17.6 Å². The molecule has 0 bridgehead atoms. The Hall–Kier alpha value is -1.38. The fourth-order valence-corrected chi connectivity index (χ4v) is 1.79. The molecule has 3 heteroatoms. The van der Waals surface area contributed by atoms with Crippen LogP contribution in [0.2, 0.25) is 0 Å². The number of hydrogen-bond acceptors (Lipinski definition) is 2. The Morgan fingerprint density at radius 1 is 1.33 bits per heavy atom. The Bertz CT molecular complexity index is 495. The molecule has 0 amide bonds. The number of rotatable bonds is 2. The highest BCUT2D eigenvalue weighted by molar-refractivity contribution is 5.40. The minimum Gasteiger partial charge on any atom is -0.232 e. The Labute approximate surface area is 89.1 Å². The van der Waals surface area contributed by atoms with Gasteiger partial charge in [0, 0.05) is 5.92 Å². The zero-order chi connectivity index (χ0) is 10.4. The molecule has 78 valence electrons. The fraction of sp³-hybridized carbons (Fsp3) is 0.500. The molecule has 1 saturated carbocycles. The number of hydrogen-bond donors (Lipinski definition) is 0. The van der Waals surface area contributed by atoms with Gasteiger partial charge in [-0.15, -0.1) is 0 Å². The van der Waals surface area contributed by atoms with Crippen molar-refractivity contribution in [1.82, 2.24) is 14.6 Å². The van der Waals surface area contributed by atoms with Crippen molar-refractivity contribution in [3.05, 3.63) is 29.7 Å². The van der Waals surface area contributed by atoms with Crippen LogP contribution in [0, 0.1) is 0 Å². The Morgan fingerprint density at radius 3 is 2.80 bits per heavy atom. The number of nitrogens with zero attached hydrogens (tertiary/aromatic N) is 3. The number of aromatic nitrogens is 3. The molecule has 0 unspecified atom stereocenters. The van der Waals surface area contributed by atoms with Gasteiger partial charge in [0.1, 0.15) is 0 Å². The molecule has 0 atom stereocenters. The lowest BCUT2D eigenvalue weighted by Crippen LogP contribution is -1.94. The average molecular weight is 201 g/mol. The average Bonchev–Trinajstić information content (AvgIpc) is 2.96. The molecule has 0 radical (unpaired) electrons. The molecule has 1 aliphatic carbocycles. The first-order valence-corrected chi connectivity index (χ1v) is 5.60. The lowest BCUT2D eigenvalue weighted by molar-refractivity contribution is 0.821. The molecular weight excluding hydrogens is 186 g/mol. The first kappa shape index (κ1) is 8.89. The molecule has 1 fully saturated rings. The molecular formula is C12H15N3. The second kappa shape index (κ2) is 3.05. The topological polar surface area (TPSA) is 30.2 Å². The van der Waals surface area contributed by atoms with Crippen LogP contribution in [0.25, 0.3) is 5.65 Å². The summed E-state index contributed by atoms with van der Waals surface area (Å²) >= 11 is 0. The van der Waals surface area contributed by atoms with E-state index in [9.17, 15) is 0 Å². The van der Waals surface area contributed by atoms with Crippen LogP contribution in [0.15, 0.2) is 18.3 Å². The molecule has 1 aliphatic rings. The molecule has 0 aliphatic heterocycles. The molecule has 3 rings (SSSR count). The van der Waals surface area contributed by atoms with Gasteiger partial charge in [0.2, 0.25) is 0 Å². The summed E-state index contributed by atoms with van der Waals surface area (Å²) in [7, 11) is 0. The largest absolute Gasteiger partial charge is 0.232 e. The third-order valence-electron chi connectivity index (χ3n) is 2.95. The Morgan fingerprint density at radius 2 is 2.13 bits per heavy atom. The summed E-state index contributed by atoms with van der Waals surface area (Å²) in [6.07, 6.45) is 4.64. The van der Waals surface area contributed by atoms with Crippen LogP contribution in [0.5, 0.6) is 0 Å². The molecule has 0 saturated heterocycles. The summed E-state index contributed by atoms with van der Waals surface area (Å²) in [6, 6.07) is 4.19. The van der Waals surface area contributed by atoms with E-state index in [1.54, 1.807) is 0 Å². The second-order valence-corrected chi connectivity index (χ2v) is 4.66. The van der Waals surface area contributed by atoms with Crippen LogP contribution in [0.3, 0.4) is 0 Å². The van der Waals surface area contributed by atoms with Gasteiger partial charge in [-0.1, -0.05) is 13.8 Å². The van der Waals surface area contributed by atoms with Crippen LogP contribution < -0.4 is 0 Å². The fourth-order valence-electron chi connectivity index (χ4n) is 1.79. The highest BCUT2D eigenvalue weighted by Gasteiger charge is 2.25. The summed E-state index contributed by atoms with van der Waals surface area (Å²) in [5.74, 6) is 1.18. The minimum atomic E-state index is 0.469. The van der Waals surface area contributed by atoms with Gasteiger partial charge in [-0.3, -0.25) is 0 Å². The van der Waals surface area contributed by atoms with E-state index in [0.717, 1.165) is 11.3 Å². The van der Waals surface area contributed by atoms with E-state index in [0.29, 0.717) is 11.8 Å². The summed E-state index contributed by atoms with van der Waals surface area (Å²) in [5, 5.41) is 4.59. The molecule has 2 aromatic heterocycles. The quantitative estimate of drug-likeness (QED) is 0.747. The molecule has 2 aromatic rings. The third-order valence-corrected chi connectivity index (χ3v) is 2.95. The van der Waals surface area contributed by atoms with Gasteiger partial charge in [-0.2, -0.15) is 5.10 Å². The van der Waals surface area contributed by atoms with E-state index < -0.39 is 0 Å². The first-order chi connectivity index (χ1) is 7.24. The van der Waals surface area contributed by atoms with Gasteiger partial charge in [-0.05, 0) is 30.9 Å². The van der Waals surface area contributed by atoms with E-state index in [1.165, 1.54) is 18.5 Å². The summed E-state index contributed by atoms with van der Waals surface area (Å²) in [4.78, 5) is 4.53. The smallest absolute Gasteiger partial charge is 0.153 e. The zero-order valence-electron chi connectivity index (χ0n) is 9.14. The van der Waals surface area contributed by atoms with Crippen LogP contribution in [-0.2, 0) is 0 Å². The molecule has 2 heterocycles. The standard InChI is InChI=1S/C12H15N3/c1-8(2)11-7-15-12(13-11)6-5-10(14-15)9-3-4-9/h5-9H,3-4H2,1-2H3. The summed E-state index contributed by atoms with van der Waals surface area (Å²) in [5.41, 5.74) is 3.30. The van der Waals surface area contributed by atoms with Crippen LogP contribution >= 0.6 is 0 Å². The van der Waals surface area contributed by atoms with Crippen molar-refractivity contribution in [3.8, 4) is 0 Å². The molecule has 0 N–H and O–H groups in total. The maximum atomic E-state index is 4.59. The maximum Gasteiger partial charge on any atom is 0.153 e. The van der Waals surface area contributed by atoms with Crippen molar-refractivity contribution in [2.45, 2.75) is 38.5 Å². The first-order valence-electron chi connectivity index (χ1n) is 5.60. The van der Waals surface area contributed by atoms with Crippen LogP contribution in [-0.4, -0.2) is 14.6 Å². The highest BCUT2D eigenvalue weighted by atomic mass is 15.3. The molecule has 3 nitrogen and oxygen atoms in total. The van der Waals surface area contributed by atoms with E-state index in [1.807, 2.05) is 10.7 Å². The van der Waals surface area contributed by atoms with Crippen molar-refractivity contribution < 1.29 is 0 Å². The third kappa shape index (κ3) is 1.52. The van der Waals surface area contributed by atoms with Crippen molar-refractivity contribution in [3.63, 3.8) is 0 Å². The van der Waals surface area contributed by atoms with E-state index >= 15 is 0 Å². The van der Waals surface area contributed by atoms with Crippen LogP contribution in [0.1, 0.15) is 49.9 Å². The van der Waals surface area contributed by atoms with Gasteiger partial charge >= 0.3 is 0 Å². The van der Waals surface area contributed by atoms with Crippen molar-refractivity contribution in [2.24, 2.45) is 0 Å². The number of fused-ring (bicyclic) bond motifs is 1. The Balaban J connectivity index is 2.09. The predicted molar refractivity (Wildman–Crippen MR) is 59.1 cm³/mol. The van der Waals surface area contributed by atoms with Gasteiger partial charge < -0.3 is 0 Å². The maximum absolute atomic E-state index is 4.59. The van der Waals surface area contributed by atoms with Gasteiger partial charge in [0.15, 0.2) is 5.65 Å². The van der Waals surface area contributed by atoms with Gasteiger partial charge in [-0.25, -0.2) is 9.50 Å². The van der Waals surface area contributed by atoms with Crippen molar-refractivity contribution in [2.75, 3.05) is 0 Å². The van der Waals surface area contributed by atoms with E-state index in [2.05, 4.69) is 36.1 Å². The monoisotopic (exact) mass is 201 g/mol. The molecule has 15 heavy (non-hydrogen) atoms. The SMILES string of the molecule is CC(C)c1cn2nc(C3CC3)ccc2n1. The van der Waals surface area contributed by atoms with Gasteiger partial charge in [0.25, 0.3) is 0 Å². The van der Waals surface area contributed by atoms with Crippen molar-refractivity contribution in [1.29, 1.82) is 0 Å². The molecule has 0 spiro atoms. The van der Waals surface area contributed by atoms with Crippen molar-refractivity contribution >= 4 is 5.65 Å². The lowest BCUT2D eigenvalue weighted by Gasteiger charge is -1.96. The summed E-state index contributed by atoms with van der Waals surface area (Å²) in [6.45, 7) is 4.31. The zero-order valence-corrected chi connectivity index (χ0v) is 9.14. The normalized spacial score (nSPS) is 16.5. The van der Waals surface area contributed by atoms with Crippen LogP contribution in [0.4, 0.5) is 0 Å². The highest BCUT2D eigenvalue weighted by Crippen LogP contribution is 2.38. The van der Waals surface area contributed by atoms with E-state index in [-0.39, 0.29) is 0 Å².